The van der Waals surface area contributed by atoms with Gasteiger partial charge >= 0.3 is 0 Å². The van der Waals surface area contributed by atoms with Crippen molar-refractivity contribution in [3.63, 3.8) is 0 Å². The van der Waals surface area contributed by atoms with Crippen molar-refractivity contribution >= 4 is 23.2 Å². The maximum absolute atomic E-state index is 12.2. The van der Waals surface area contributed by atoms with E-state index in [2.05, 4.69) is 5.32 Å². The lowest BCUT2D eigenvalue weighted by atomic mass is 10.1. The number of para-hydroxylation sites is 1. The Labute approximate surface area is 153 Å². The summed E-state index contributed by atoms with van der Waals surface area (Å²) >= 11 is 6.07. The largest absolute Gasteiger partial charge is 0.493 e. The van der Waals surface area contributed by atoms with Gasteiger partial charge in [0, 0.05) is 5.56 Å². The number of methoxy groups -OCH3 is 2. The number of hydrogen-bond acceptors (Lipinski definition) is 3. The molecule has 2 aromatic rings. The highest BCUT2D eigenvalue weighted by Gasteiger charge is 2.15. The number of likely N-dealkylation sites (N-methyl/N-ethyl adjacent to an activating group) is 1. The normalized spacial score (nSPS) is 11.7. The number of anilines is 1. The fourth-order valence-electron chi connectivity index (χ4n) is 2.63. The third kappa shape index (κ3) is 5.11. The van der Waals surface area contributed by atoms with E-state index in [1.54, 1.807) is 26.4 Å². The minimum absolute atomic E-state index is 0.0799. The lowest BCUT2D eigenvalue weighted by Crippen LogP contribution is -3.08. The molecule has 6 heteroatoms. The van der Waals surface area contributed by atoms with Crippen LogP contribution >= 0.6 is 11.6 Å². The van der Waals surface area contributed by atoms with Crippen molar-refractivity contribution in [3.05, 3.63) is 52.5 Å². The Morgan fingerprint density at radius 1 is 1.16 bits per heavy atom. The number of ether oxygens (including phenoxy) is 2. The summed E-state index contributed by atoms with van der Waals surface area (Å²) in [5.41, 5.74) is 2.84. The number of aryl methyl sites for hydroxylation is 1. The van der Waals surface area contributed by atoms with Crippen molar-refractivity contribution in [3.8, 4) is 11.5 Å². The Hall–Kier alpha value is -2.24. The van der Waals surface area contributed by atoms with E-state index in [0.29, 0.717) is 35.3 Å². The Morgan fingerprint density at radius 3 is 2.44 bits per heavy atom. The van der Waals surface area contributed by atoms with E-state index in [1.165, 1.54) is 0 Å². The van der Waals surface area contributed by atoms with Gasteiger partial charge in [0.05, 0.1) is 32.0 Å². The number of carbonyl (C=O) groups excluding carboxylic acids is 1. The minimum Gasteiger partial charge on any atom is -0.493 e. The first-order valence-corrected chi connectivity index (χ1v) is 8.39. The highest BCUT2D eigenvalue weighted by Crippen LogP contribution is 2.29. The summed E-state index contributed by atoms with van der Waals surface area (Å²) in [7, 11) is 5.21. The molecule has 0 saturated carbocycles. The summed E-state index contributed by atoms with van der Waals surface area (Å²) in [5, 5.41) is 3.38. The van der Waals surface area contributed by atoms with Crippen LogP contribution in [0.25, 0.3) is 0 Å². The van der Waals surface area contributed by atoms with Gasteiger partial charge in [0.1, 0.15) is 6.54 Å². The quantitative estimate of drug-likeness (QED) is 0.793. The van der Waals surface area contributed by atoms with Gasteiger partial charge in [-0.2, -0.15) is 0 Å². The van der Waals surface area contributed by atoms with Crippen LogP contribution in [0, 0.1) is 6.92 Å². The minimum atomic E-state index is -0.0799. The molecule has 0 aliphatic rings. The van der Waals surface area contributed by atoms with Gasteiger partial charge in [-0.3, -0.25) is 4.79 Å². The van der Waals surface area contributed by atoms with E-state index in [1.807, 2.05) is 38.2 Å². The van der Waals surface area contributed by atoms with Crippen LogP contribution in [0.5, 0.6) is 11.5 Å². The van der Waals surface area contributed by atoms with Crippen LogP contribution in [0.15, 0.2) is 36.4 Å². The molecule has 1 atom stereocenters. The van der Waals surface area contributed by atoms with Gasteiger partial charge in [0.25, 0.3) is 5.91 Å². The molecule has 0 aliphatic carbocycles. The Balaban J connectivity index is 2.01. The SMILES string of the molecule is COc1cc(C)c(C[NH+](C)CC(=O)Nc2ccccc2Cl)cc1OC. The average Bonchev–Trinajstić information content (AvgIpc) is 2.58. The van der Waals surface area contributed by atoms with Crippen LogP contribution in [0.1, 0.15) is 11.1 Å². The van der Waals surface area contributed by atoms with Gasteiger partial charge < -0.3 is 19.7 Å². The second kappa shape index (κ2) is 8.74. The first kappa shape index (κ1) is 19.1. The molecule has 0 saturated heterocycles. The fourth-order valence-corrected chi connectivity index (χ4v) is 2.81. The maximum atomic E-state index is 12.2. The van der Waals surface area contributed by atoms with Gasteiger partial charge in [-0.25, -0.2) is 0 Å². The molecular weight excluding hydrogens is 340 g/mol. The average molecular weight is 364 g/mol. The molecule has 134 valence electrons. The lowest BCUT2D eigenvalue weighted by molar-refractivity contribution is -0.885. The Morgan fingerprint density at radius 2 is 1.80 bits per heavy atom. The predicted molar refractivity (Wildman–Crippen MR) is 99.8 cm³/mol. The molecule has 0 heterocycles. The molecule has 0 aliphatic heterocycles. The van der Waals surface area contributed by atoms with Crippen LogP contribution in [-0.2, 0) is 11.3 Å². The molecule has 0 bridgehead atoms. The van der Waals surface area contributed by atoms with Crippen LogP contribution in [0.4, 0.5) is 5.69 Å². The zero-order chi connectivity index (χ0) is 18.4. The van der Waals surface area contributed by atoms with Crippen molar-refractivity contribution in [1.82, 2.24) is 0 Å². The summed E-state index contributed by atoms with van der Waals surface area (Å²) in [6.07, 6.45) is 0. The predicted octanol–water partition coefficient (Wildman–Crippen LogP) is 2.32. The van der Waals surface area contributed by atoms with E-state index < -0.39 is 0 Å². The molecular formula is C19H24ClN2O3+. The van der Waals surface area contributed by atoms with Crippen LogP contribution in [0.3, 0.4) is 0 Å². The summed E-state index contributed by atoms with van der Waals surface area (Å²) in [4.78, 5) is 13.3. The molecule has 0 fully saturated rings. The Kier molecular flexibility index (Phi) is 6.67. The molecule has 5 nitrogen and oxygen atoms in total. The molecule has 2 rings (SSSR count). The van der Waals surface area contributed by atoms with Gasteiger partial charge in [-0.1, -0.05) is 23.7 Å². The van der Waals surface area contributed by atoms with Gasteiger partial charge in [0.15, 0.2) is 18.0 Å². The lowest BCUT2D eigenvalue weighted by Gasteiger charge is -2.17. The molecule has 2 aromatic carbocycles. The molecule has 0 radical (unpaired) electrons. The monoisotopic (exact) mass is 363 g/mol. The zero-order valence-corrected chi connectivity index (χ0v) is 15.7. The van der Waals surface area contributed by atoms with Crippen molar-refractivity contribution in [1.29, 1.82) is 0 Å². The number of hydrogen-bond donors (Lipinski definition) is 2. The number of carbonyl (C=O) groups is 1. The molecule has 25 heavy (non-hydrogen) atoms. The number of rotatable bonds is 7. The van der Waals surface area contributed by atoms with E-state index in [0.717, 1.165) is 16.0 Å². The van der Waals surface area contributed by atoms with E-state index in [-0.39, 0.29) is 5.91 Å². The van der Waals surface area contributed by atoms with E-state index in [9.17, 15) is 4.79 Å². The third-order valence-corrected chi connectivity index (χ3v) is 4.27. The number of nitrogens with one attached hydrogen (secondary N) is 2. The number of benzene rings is 2. The fraction of sp³-hybridized carbons (Fsp3) is 0.316. The summed E-state index contributed by atoms with van der Waals surface area (Å²) in [5.74, 6) is 1.32. The van der Waals surface area contributed by atoms with Crippen molar-refractivity contribution in [2.24, 2.45) is 0 Å². The van der Waals surface area contributed by atoms with Crippen molar-refractivity contribution < 1.29 is 19.2 Å². The number of halogens is 1. The standard InChI is InChI=1S/C19H23ClN2O3/c1-13-9-17(24-3)18(25-4)10-14(13)11-22(2)12-19(23)21-16-8-6-5-7-15(16)20/h5-10H,11-12H2,1-4H3,(H,21,23)/p+1. The molecule has 1 unspecified atom stereocenters. The molecule has 0 aromatic heterocycles. The summed E-state index contributed by atoms with van der Waals surface area (Å²) < 4.78 is 10.7. The van der Waals surface area contributed by atoms with Gasteiger partial charge in [0.2, 0.25) is 0 Å². The highest BCUT2D eigenvalue weighted by molar-refractivity contribution is 6.33. The molecule has 0 spiro atoms. The van der Waals surface area contributed by atoms with Crippen LogP contribution in [0.2, 0.25) is 5.02 Å². The molecule has 1 amide bonds. The third-order valence-electron chi connectivity index (χ3n) is 3.94. The number of quaternary nitrogens is 1. The maximum Gasteiger partial charge on any atom is 0.279 e. The van der Waals surface area contributed by atoms with E-state index >= 15 is 0 Å². The number of amides is 1. The summed E-state index contributed by atoms with van der Waals surface area (Å²) in [6.45, 7) is 3.05. The van der Waals surface area contributed by atoms with E-state index in [4.69, 9.17) is 21.1 Å². The first-order valence-electron chi connectivity index (χ1n) is 8.01. The first-order chi connectivity index (χ1) is 11.9. The highest BCUT2D eigenvalue weighted by atomic mass is 35.5. The van der Waals surface area contributed by atoms with Gasteiger partial charge in [-0.05, 0) is 36.8 Å². The molecule has 2 N–H and O–H groups in total. The van der Waals surface area contributed by atoms with Gasteiger partial charge in [-0.15, -0.1) is 0 Å². The van der Waals surface area contributed by atoms with Crippen molar-refractivity contribution in [2.75, 3.05) is 33.1 Å². The van der Waals surface area contributed by atoms with Crippen LogP contribution < -0.4 is 19.7 Å². The second-order valence-electron chi connectivity index (χ2n) is 5.97. The zero-order valence-electron chi connectivity index (χ0n) is 15.0. The second-order valence-corrected chi connectivity index (χ2v) is 6.38. The van der Waals surface area contributed by atoms with Crippen molar-refractivity contribution in [2.45, 2.75) is 13.5 Å². The smallest absolute Gasteiger partial charge is 0.279 e. The summed E-state index contributed by atoms with van der Waals surface area (Å²) in [6, 6.07) is 11.1. The van der Waals surface area contributed by atoms with Crippen LogP contribution in [-0.4, -0.2) is 33.7 Å². The topological polar surface area (TPSA) is 52.0 Å². The Bertz CT molecular complexity index is 749.